The monoisotopic (exact) mass is 269 g/mol. The van der Waals surface area contributed by atoms with Gasteiger partial charge in [0.15, 0.2) is 5.84 Å². The van der Waals surface area contributed by atoms with Crippen LogP contribution in [0.2, 0.25) is 0 Å². The molecule has 4 nitrogen and oxygen atoms in total. The normalized spacial score (nSPS) is 14.1. The predicted molar refractivity (Wildman–Crippen MR) is 79.6 cm³/mol. The Morgan fingerprint density at radius 2 is 1.95 bits per heavy atom. The van der Waals surface area contributed by atoms with Gasteiger partial charge in [0.2, 0.25) is 0 Å². The molecular formula is C16H19N3O. The molecule has 1 aromatic carbocycles. The Morgan fingerprint density at radius 1 is 1.20 bits per heavy atom. The van der Waals surface area contributed by atoms with Gasteiger partial charge in [0.1, 0.15) is 5.75 Å². The van der Waals surface area contributed by atoms with Crippen molar-refractivity contribution < 1.29 is 4.74 Å². The predicted octanol–water partition coefficient (Wildman–Crippen LogP) is 3.00. The zero-order chi connectivity index (χ0) is 14.3. The van der Waals surface area contributed by atoms with E-state index in [4.69, 9.17) is 9.84 Å². The average Bonchev–Trinajstić information content (AvgIpc) is 2.97. The molecule has 1 aliphatic heterocycles. The van der Waals surface area contributed by atoms with Gasteiger partial charge in [0.05, 0.1) is 30.6 Å². The standard InChI is InChI=1S/C16H19N3O/c1-16(2,3)14-9-11-10-17-15(19(11)18-14)12-7-5-6-8-13(12)20-4/h5-9H,10H2,1-4H3. The summed E-state index contributed by atoms with van der Waals surface area (Å²) in [5.41, 5.74) is 3.26. The highest BCUT2D eigenvalue weighted by atomic mass is 16.5. The van der Waals surface area contributed by atoms with Gasteiger partial charge < -0.3 is 4.74 Å². The maximum atomic E-state index is 5.42. The third kappa shape index (κ3) is 2.01. The summed E-state index contributed by atoms with van der Waals surface area (Å²) < 4.78 is 7.37. The van der Waals surface area contributed by atoms with Crippen molar-refractivity contribution >= 4 is 5.84 Å². The molecule has 0 aliphatic carbocycles. The summed E-state index contributed by atoms with van der Waals surface area (Å²) >= 11 is 0. The van der Waals surface area contributed by atoms with Crippen LogP contribution < -0.4 is 4.74 Å². The number of fused-ring (bicyclic) bond motifs is 1. The first-order chi connectivity index (χ1) is 9.50. The Morgan fingerprint density at radius 3 is 2.65 bits per heavy atom. The lowest BCUT2D eigenvalue weighted by Crippen LogP contribution is -2.17. The first-order valence-electron chi connectivity index (χ1n) is 6.78. The molecule has 0 fully saturated rings. The number of aliphatic imine (C=N–C) groups is 1. The molecule has 0 unspecified atom stereocenters. The minimum Gasteiger partial charge on any atom is -0.496 e. The van der Waals surface area contributed by atoms with Crippen LogP contribution in [0.1, 0.15) is 37.7 Å². The summed E-state index contributed by atoms with van der Waals surface area (Å²) in [6, 6.07) is 10.1. The molecule has 104 valence electrons. The van der Waals surface area contributed by atoms with Gasteiger partial charge in [-0.2, -0.15) is 5.10 Å². The summed E-state index contributed by atoms with van der Waals surface area (Å²) in [4.78, 5) is 4.60. The lowest BCUT2D eigenvalue weighted by molar-refractivity contribution is 0.413. The molecule has 0 saturated carbocycles. The molecule has 0 saturated heterocycles. The highest BCUT2D eigenvalue weighted by Gasteiger charge is 2.26. The maximum absolute atomic E-state index is 5.42. The topological polar surface area (TPSA) is 39.4 Å². The summed E-state index contributed by atoms with van der Waals surface area (Å²) in [5.74, 6) is 1.69. The van der Waals surface area contributed by atoms with Crippen molar-refractivity contribution in [1.29, 1.82) is 0 Å². The van der Waals surface area contributed by atoms with Crippen molar-refractivity contribution in [2.75, 3.05) is 7.11 Å². The second-order valence-electron chi connectivity index (χ2n) is 6.02. The Balaban J connectivity index is 2.07. The fourth-order valence-corrected chi connectivity index (χ4v) is 2.33. The summed E-state index contributed by atoms with van der Waals surface area (Å²) in [6.45, 7) is 7.19. The van der Waals surface area contributed by atoms with E-state index >= 15 is 0 Å². The number of nitrogens with zero attached hydrogens (tertiary/aromatic N) is 3. The van der Waals surface area contributed by atoms with Crippen LogP contribution in [0.15, 0.2) is 35.3 Å². The minimum absolute atomic E-state index is 0.0449. The smallest absolute Gasteiger partial charge is 0.160 e. The fourth-order valence-electron chi connectivity index (χ4n) is 2.33. The molecule has 20 heavy (non-hydrogen) atoms. The lowest BCUT2D eigenvalue weighted by Gasteiger charge is -2.14. The van der Waals surface area contributed by atoms with Gasteiger partial charge in [0, 0.05) is 5.41 Å². The Bertz CT molecular complexity index is 677. The van der Waals surface area contributed by atoms with Crippen molar-refractivity contribution in [3.63, 3.8) is 0 Å². The molecular weight excluding hydrogens is 250 g/mol. The van der Waals surface area contributed by atoms with Crippen LogP contribution in [0, 0.1) is 0 Å². The van der Waals surface area contributed by atoms with E-state index in [1.165, 1.54) is 0 Å². The first-order valence-corrected chi connectivity index (χ1v) is 6.78. The second-order valence-corrected chi connectivity index (χ2v) is 6.02. The van der Waals surface area contributed by atoms with E-state index in [1.54, 1.807) is 7.11 Å². The first kappa shape index (κ1) is 12.9. The van der Waals surface area contributed by atoms with E-state index in [-0.39, 0.29) is 5.41 Å². The molecule has 1 aromatic heterocycles. The molecule has 0 N–H and O–H groups in total. The van der Waals surface area contributed by atoms with E-state index in [9.17, 15) is 0 Å². The van der Waals surface area contributed by atoms with Gasteiger partial charge in [-0.15, -0.1) is 0 Å². The van der Waals surface area contributed by atoms with E-state index in [0.717, 1.165) is 28.5 Å². The SMILES string of the molecule is COc1ccccc1C1=NCc2cc(C(C)(C)C)nn21. The van der Waals surface area contributed by atoms with Gasteiger partial charge in [-0.1, -0.05) is 32.9 Å². The van der Waals surface area contributed by atoms with Gasteiger partial charge in [-0.25, -0.2) is 4.68 Å². The summed E-state index contributed by atoms with van der Waals surface area (Å²) in [6.07, 6.45) is 0. The molecule has 0 spiro atoms. The number of hydrogen-bond acceptors (Lipinski definition) is 3. The van der Waals surface area contributed by atoms with Gasteiger partial charge >= 0.3 is 0 Å². The number of benzene rings is 1. The molecule has 0 radical (unpaired) electrons. The van der Waals surface area contributed by atoms with E-state index in [1.807, 2.05) is 28.9 Å². The number of hydrogen-bond donors (Lipinski definition) is 0. The molecule has 2 aromatic rings. The number of methoxy groups -OCH3 is 1. The fraction of sp³-hybridized carbons (Fsp3) is 0.375. The van der Waals surface area contributed by atoms with Crippen molar-refractivity contribution in [2.24, 2.45) is 4.99 Å². The maximum Gasteiger partial charge on any atom is 0.160 e. The summed E-state index contributed by atoms with van der Waals surface area (Å²) in [5, 5.41) is 4.73. The molecule has 4 heteroatoms. The zero-order valence-electron chi connectivity index (χ0n) is 12.3. The number of aromatic nitrogens is 2. The van der Waals surface area contributed by atoms with Gasteiger partial charge in [-0.3, -0.25) is 4.99 Å². The van der Waals surface area contributed by atoms with E-state index in [2.05, 4.69) is 31.8 Å². The molecule has 0 amide bonds. The molecule has 0 bridgehead atoms. The zero-order valence-corrected chi connectivity index (χ0v) is 12.3. The van der Waals surface area contributed by atoms with E-state index < -0.39 is 0 Å². The third-order valence-electron chi connectivity index (χ3n) is 3.49. The Hall–Kier alpha value is -2.10. The number of ether oxygens (including phenoxy) is 1. The second kappa shape index (κ2) is 4.47. The average molecular weight is 269 g/mol. The highest BCUT2D eigenvalue weighted by Crippen LogP contribution is 2.27. The van der Waals surface area contributed by atoms with Crippen LogP contribution in [0.25, 0.3) is 0 Å². The quantitative estimate of drug-likeness (QED) is 0.840. The number of para-hydroxylation sites is 1. The van der Waals surface area contributed by atoms with Gasteiger partial charge in [0.25, 0.3) is 0 Å². The number of rotatable bonds is 2. The Labute approximate surface area is 119 Å². The van der Waals surface area contributed by atoms with Crippen LogP contribution in [-0.4, -0.2) is 22.7 Å². The van der Waals surface area contributed by atoms with Crippen molar-refractivity contribution in [2.45, 2.75) is 32.7 Å². The van der Waals surface area contributed by atoms with Crippen molar-refractivity contribution in [3.8, 4) is 5.75 Å². The van der Waals surface area contributed by atoms with Crippen molar-refractivity contribution in [1.82, 2.24) is 9.78 Å². The summed E-state index contributed by atoms with van der Waals surface area (Å²) in [7, 11) is 1.68. The molecule has 1 aliphatic rings. The third-order valence-corrected chi connectivity index (χ3v) is 3.49. The highest BCUT2D eigenvalue weighted by molar-refractivity contribution is 6.03. The van der Waals surface area contributed by atoms with Gasteiger partial charge in [-0.05, 0) is 18.2 Å². The molecule has 0 atom stereocenters. The van der Waals surface area contributed by atoms with Crippen LogP contribution in [0.4, 0.5) is 0 Å². The lowest BCUT2D eigenvalue weighted by atomic mass is 9.92. The largest absolute Gasteiger partial charge is 0.496 e. The molecule has 2 heterocycles. The van der Waals surface area contributed by atoms with Crippen molar-refractivity contribution in [3.05, 3.63) is 47.3 Å². The van der Waals surface area contributed by atoms with Crippen LogP contribution >= 0.6 is 0 Å². The van der Waals surface area contributed by atoms with Crippen LogP contribution in [0.5, 0.6) is 5.75 Å². The minimum atomic E-state index is 0.0449. The van der Waals surface area contributed by atoms with Crippen LogP contribution in [0.3, 0.4) is 0 Å². The molecule has 3 rings (SSSR count). The Kier molecular flexibility index (Phi) is 2.89. The van der Waals surface area contributed by atoms with Crippen LogP contribution in [-0.2, 0) is 12.0 Å². The van der Waals surface area contributed by atoms with E-state index in [0.29, 0.717) is 6.54 Å².